The van der Waals surface area contributed by atoms with Crippen molar-refractivity contribution in [1.82, 2.24) is 10.1 Å². The topological polar surface area (TPSA) is 32.8 Å². The normalized spacial score (nSPS) is 10.5. The van der Waals surface area contributed by atoms with Crippen molar-refractivity contribution in [1.29, 1.82) is 0 Å². The van der Waals surface area contributed by atoms with E-state index in [1.165, 1.54) is 0 Å². The lowest BCUT2D eigenvalue weighted by molar-refractivity contribution is -0.573. The van der Waals surface area contributed by atoms with Crippen LogP contribution in [0.15, 0.2) is 17.9 Å². The minimum absolute atomic E-state index is 1.00. The Hall–Kier alpha value is -0.900. The van der Waals surface area contributed by atoms with E-state index in [4.69, 9.17) is 0 Å². The van der Waals surface area contributed by atoms with Crippen LogP contribution >= 0.6 is 11.3 Å². The van der Waals surface area contributed by atoms with Crippen molar-refractivity contribution in [2.24, 2.45) is 0 Å². The predicted octanol–water partition coefficient (Wildman–Crippen LogP) is 0.210. The second-order valence-electron chi connectivity index (χ2n) is 1.44. The number of H-pyrrole nitrogens is 1. The molecule has 0 bridgehead atoms. The summed E-state index contributed by atoms with van der Waals surface area (Å²) in [7, 11) is 0. The van der Waals surface area contributed by atoms with E-state index in [0.717, 1.165) is 4.96 Å². The zero-order valence-corrected chi connectivity index (χ0v) is 4.85. The number of nitrogens with zero attached hydrogens (tertiary/aromatic N) is 2. The predicted molar refractivity (Wildman–Crippen MR) is 29.6 cm³/mol. The van der Waals surface area contributed by atoms with Gasteiger partial charge in [0.2, 0.25) is 6.33 Å². The van der Waals surface area contributed by atoms with E-state index >= 15 is 0 Å². The Labute approximate surface area is 49.6 Å². The van der Waals surface area contributed by atoms with Crippen LogP contribution in [0.4, 0.5) is 0 Å². The first-order chi connectivity index (χ1) is 3.97. The molecule has 8 heavy (non-hydrogen) atoms. The molecule has 2 aromatic heterocycles. The van der Waals surface area contributed by atoms with Gasteiger partial charge in [0.15, 0.2) is 0 Å². The first kappa shape index (κ1) is 4.03. The number of thiazole rings is 1. The molecule has 0 amide bonds. The van der Waals surface area contributed by atoms with Crippen molar-refractivity contribution < 1.29 is 4.52 Å². The summed E-state index contributed by atoms with van der Waals surface area (Å²) in [4.78, 5) is 5.01. The monoisotopic (exact) mass is 126 g/mol. The molecule has 0 saturated heterocycles. The molecular formula is C4H4N3S+. The average Bonchev–Trinajstić information content (AvgIpc) is 2.15. The molecule has 0 aromatic carbocycles. The highest BCUT2D eigenvalue weighted by molar-refractivity contribution is 7.14. The summed E-state index contributed by atoms with van der Waals surface area (Å²) in [6.45, 7) is 0. The summed E-state index contributed by atoms with van der Waals surface area (Å²) in [5.74, 6) is 0. The van der Waals surface area contributed by atoms with E-state index in [1.807, 2.05) is 16.1 Å². The van der Waals surface area contributed by atoms with Crippen LogP contribution in [0.2, 0.25) is 0 Å². The minimum Gasteiger partial charge on any atom is -0.188 e. The molecule has 2 heterocycles. The number of aromatic nitrogens is 3. The number of hydrogen-bond donors (Lipinski definition) is 1. The summed E-state index contributed by atoms with van der Waals surface area (Å²) in [6.07, 6.45) is 3.61. The van der Waals surface area contributed by atoms with Gasteiger partial charge in [-0.3, -0.25) is 0 Å². The van der Waals surface area contributed by atoms with Gasteiger partial charge in [0.1, 0.15) is 6.20 Å². The molecule has 0 aliphatic carbocycles. The first-order valence-corrected chi connectivity index (χ1v) is 3.13. The highest BCUT2D eigenvalue weighted by Crippen LogP contribution is 1.96. The zero-order valence-electron chi connectivity index (χ0n) is 4.03. The fourth-order valence-corrected chi connectivity index (χ4v) is 1.25. The minimum atomic E-state index is 1.00. The molecule has 40 valence electrons. The van der Waals surface area contributed by atoms with Crippen LogP contribution in [0.25, 0.3) is 4.96 Å². The fourth-order valence-electron chi connectivity index (χ4n) is 0.610. The number of nitrogens with one attached hydrogen (secondary N) is 1. The lowest BCUT2D eigenvalue weighted by Gasteiger charge is -1.60. The SMILES string of the molecule is c1nc2scc[n+]2[nH]1. The Morgan fingerprint density at radius 2 is 2.75 bits per heavy atom. The van der Waals surface area contributed by atoms with Crippen LogP contribution < -0.4 is 4.52 Å². The molecule has 1 N–H and O–H groups in total. The van der Waals surface area contributed by atoms with E-state index in [-0.39, 0.29) is 0 Å². The summed E-state index contributed by atoms with van der Waals surface area (Å²) in [5.41, 5.74) is 0. The van der Waals surface area contributed by atoms with E-state index in [9.17, 15) is 0 Å². The molecular weight excluding hydrogens is 122 g/mol. The number of fused-ring (bicyclic) bond motifs is 1. The molecule has 0 aliphatic rings. The van der Waals surface area contributed by atoms with Gasteiger partial charge in [-0.15, -0.1) is 4.52 Å². The van der Waals surface area contributed by atoms with Gasteiger partial charge in [-0.25, -0.2) is 0 Å². The van der Waals surface area contributed by atoms with Crippen LogP contribution in [0.5, 0.6) is 0 Å². The van der Waals surface area contributed by atoms with Gasteiger partial charge in [-0.2, -0.15) is 5.10 Å². The average molecular weight is 126 g/mol. The van der Waals surface area contributed by atoms with Crippen LogP contribution in [0.3, 0.4) is 0 Å². The molecule has 0 radical (unpaired) electrons. The van der Waals surface area contributed by atoms with Crippen LogP contribution in [-0.2, 0) is 0 Å². The molecule has 0 fully saturated rings. The molecule has 3 nitrogen and oxygen atoms in total. The lowest BCUT2D eigenvalue weighted by Crippen LogP contribution is -2.17. The maximum Gasteiger partial charge on any atom is 0.407 e. The van der Waals surface area contributed by atoms with Crippen molar-refractivity contribution in [3.8, 4) is 0 Å². The Morgan fingerprint density at radius 3 is 3.62 bits per heavy atom. The van der Waals surface area contributed by atoms with Crippen LogP contribution in [0, 0.1) is 0 Å². The van der Waals surface area contributed by atoms with Gasteiger partial charge in [0, 0.05) is 5.38 Å². The number of rotatable bonds is 0. The molecule has 0 atom stereocenters. The van der Waals surface area contributed by atoms with Gasteiger partial charge in [-0.05, 0) is 16.3 Å². The number of aromatic amines is 1. The zero-order chi connectivity index (χ0) is 5.40. The molecule has 2 rings (SSSR count). The molecule has 0 spiro atoms. The maximum absolute atomic E-state index is 4.00. The highest BCUT2D eigenvalue weighted by Gasteiger charge is 2.01. The van der Waals surface area contributed by atoms with Gasteiger partial charge in [0.25, 0.3) is 0 Å². The lowest BCUT2D eigenvalue weighted by atomic mass is 11.0. The third-order valence-corrected chi connectivity index (χ3v) is 1.73. The van der Waals surface area contributed by atoms with Crippen molar-refractivity contribution in [2.45, 2.75) is 0 Å². The van der Waals surface area contributed by atoms with Crippen molar-refractivity contribution in [2.75, 3.05) is 0 Å². The van der Waals surface area contributed by atoms with Gasteiger partial charge in [-0.1, -0.05) is 0 Å². The van der Waals surface area contributed by atoms with Crippen molar-refractivity contribution in [3.63, 3.8) is 0 Å². The van der Waals surface area contributed by atoms with Gasteiger partial charge >= 0.3 is 4.96 Å². The van der Waals surface area contributed by atoms with E-state index in [0.29, 0.717) is 0 Å². The number of hydrogen-bond acceptors (Lipinski definition) is 2. The summed E-state index contributed by atoms with van der Waals surface area (Å²) in [6, 6.07) is 0. The van der Waals surface area contributed by atoms with Crippen LogP contribution in [-0.4, -0.2) is 10.1 Å². The Balaban J connectivity index is 3.06. The van der Waals surface area contributed by atoms with Gasteiger partial charge in [0.05, 0.1) is 0 Å². The fraction of sp³-hybridized carbons (Fsp3) is 0. The standard InChI is InChI=1S/C4H3N3S/c1-2-8-4-5-3-6-7(1)4/h1-3H/p+1. The smallest absolute Gasteiger partial charge is 0.188 e. The molecule has 4 heteroatoms. The summed E-state index contributed by atoms with van der Waals surface area (Å²) >= 11 is 1.61. The largest absolute Gasteiger partial charge is 0.407 e. The van der Waals surface area contributed by atoms with Crippen LogP contribution in [0.1, 0.15) is 0 Å². The molecule has 0 saturated carbocycles. The van der Waals surface area contributed by atoms with E-state index < -0.39 is 0 Å². The maximum atomic E-state index is 4.00. The summed E-state index contributed by atoms with van der Waals surface area (Å²) in [5, 5.41) is 4.90. The Bertz CT molecular complexity index is 233. The molecule has 2 aromatic rings. The summed E-state index contributed by atoms with van der Waals surface area (Å²) < 4.78 is 1.87. The second-order valence-corrected chi connectivity index (χ2v) is 2.32. The third kappa shape index (κ3) is 0.376. The third-order valence-electron chi connectivity index (χ3n) is 0.961. The molecule has 0 unspecified atom stereocenters. The highest BCUT2D eigenvalue weighted by atomic mass is 32.1. The molecule has 0 aliphatic heterocycles. The Morgan fingerprint density at radius 1 is 1.75 bits per heavy atom. The van der Waals surface area contributed by atoms with E-state index in [2.05, 4.69) is 10.1 Å². The van der Waals surface area contributed by atoms with Crippen molar-refractivity contribution in [3.05, 3.63) is 17.9 Å². The van der Waals surface area contributed by atoms with Gasteiger partial charge < -0.3 is 0 Å². The first-order valence-electron chi connectivity index (χ1n) is 2.25. The van der Waals surface area contributed by atoms with E-state index in [1.54, 1.807) is 17.7 Å². The van der Waals surface area contributed by atoms with Crippen molar-refractivity contribution >= 4 is 16.3 Å². The second kappa shape index (κ2) is 1.29. The Kier molecular flexibility index (Phi) is 0.648. The quantitative estimate of drug-likeness (QED) is 0.503.